The highest BCUT2D eigenvalue weighted by molar-refractivity contribution is 5.99. The summed E-state index contributed by atoms with van der Waals surface area (Å²) in [6.07, 6.45) is 1.63. The molecule has 0 radical (unpaired) electrons. The lowest BCUT2D eigenvalue weighted by molar-refractivity contribution is -0.164. The molecule has 2 heterocycles. The number of nitrogens with zero attached hydrogens (tertiary/aromatic N) is 1. The van der Waals surface area contributed by atoms with Gasteiger partial charge in [-0.15, -0.1) is 0 Å². The van der Waals surface area contributed by atoms with Crippen molar-refractivity contribution in [1.29, 1.82) is 0 Å². The van der Waals surface area contributed by atoms with Gasteiger partial charge in [0.1, 0.15) is 18.1 Å². The molecule has 0 saturated carbocycles. The molecule has 3 atom stereocenters. The predicted octanol–water partition coefficient (Wildman–Crippen LogP) is -0.0249. The lowest BCUT2D eigenvalue weighted by atomic mass is 9.89. The van der Waals surface area contributed by atoms with E-state index in [1.807, 2.05) is 13.8 Å². The van der Waals surface area contributed by atoms with Crippen LogP contribution >= 0.6 is 0 Å². The lowest BCUT2D eigenvalue weighted by Gasteiger charge is -2.45. The first kappa shape index (κ1) is 12.9. The van der Waals surface area contributed by atoms with E-state index in [-0.39, 0.29) is 17.7 Å². The van der Waals surface area contributed by atoms with E-state index >= 15 is 0 Å². The van der Waals surface area contributed by atoms with Crippen molar-refractivity contribution in [3.8, 4) is 0 Å². The van der Waals surface area contributed by atoms with Gasteiger partial charge in [0.05, 0.1) is 0 Å². The fraction of sp³-hybridized carbons (Fsp3) is 0.750. The Balaban J connectivity index is 2.32. The molecule has 0 bridgehead atoms. The molecule has 6 heteroatoms. The van der Waals surface area contributed by atoms with E-state index < -0.39 is 24.1 Å². The summed E-state index contributed by atoms with van der Waals surface area (Å²) in [5.74, 6) is -1.55. The van der Waals surface area contributed by atoms with Crippen LogP contribution in [0.2, 0.25) is 0 Å². The van der Waals surface area contributed by atoms with Gasteiger partial charge >= 0.3 is 5.97 Å². The van der Waals surface area contributed by atoms with E-state index in [0.717, 1.165) is 0 Å². The standard InChI is InChI=1S/C12H18N2O4/c1-6(2)9-11(16)14-7(10(15)13-9)4-3-5-8(14)12(17)18/h6-9H,3-5H2,1-2H3,(H,13,15)(H,17,18)/t7-,8+,9-/m1/s1. The number of nitrogens with one attached hydrogen (secondary N) is 1. The Kier molecular flexibility index (Phi) is 3.28. The van der Waals surface area contributed by atoms with Crippen molar-refractivity contribution >= 4 is 17.8 Å². The number of carboxylic acids is 1. The fourth-order valence-corrected chi connectivity index (χ4v) is 2.73. The van der Waals surface area contributed by atoms with E-state index in [1.54, 1.807) is 0 Å². The first-order valence-electron chi connectivity index (χ1n) is 6.29. The maximum Gasteiger partial charge on any atom is 0.326 e. The molecule has 0 aromatic carbocycles. The van der Waals surface area contributed by atoms with Crippen molar-refractivity contribution < 1.29 is 19.5 Å². The Bertz CT molecular complexity index is 388. The van der Waals surface area contributed by atoms with Crippen LogP contribution in [0.25, 0.3) is 0 Å². The third kappa shape index (κ3) is 1.95. The summed E-state index contributed by atoms with van der Waals surface area (Å²) < 4.78 is 0. The maximum atomic E-state index is 12.3. The van der Waals surface area contributed by atoms with Gasteiger partial charge in [-0.05, 0) is 25.2 Å². The minimum absolute atomic E-state index is 0.0428. The molecule has 2 fully saturated rings. The largest absolute Gasteiger partial charge is 0.480 e. The summed E-state index contributed by atoms with van der Waals surface area (Å²) in [6.45, 7) is 3.67. The minimum atomic E-state index is -1.02. The molecule has 2 N–H and O–H groups in total. The zero-order chi connectivity index (χ0) is 13.4. The molecule has 18 heavy (non-hydrogen) atoms. The average molecular weight is 254 g/mol. The molecular weight excluding hydrogens is 236 g/mol. The Hall–Kier alpha value is -1.59. The van der Waals surface area contributed by atoms with Crippen molar-refractivity contribution in [3.63, 3.8) is 0 Å². The number of hydrogen-bond donors (Lipinski definition) is 2. The van der Waals surface area contributed by atoms with Crippen LogP contribution in [-0.4, -0.2) is 45.9 Å². The molecule has 2 amide bonds. The van der Waals surface area contributed by atoms with E-state index in [0.29, 0.717) is 19.3 Å². The quantitative estimate of drug-likeness (QED) is 0.724. The lowest BCUT2D eigenvalue weighted by Crippen LogP contribution is -2.69. The smallest absolute Gasteiger partial charge is 0.326 e. The van der Waals surface area contributed by atoms with Gasteiger partial charge in [-0.25, -0.2) is 4.79 Å². The second-order valence-corrected chi connectivity index (χ2v) is 5.28. The number of fused-ring (bicyclic) bond motifs is 1. The van der Waals surface area contributed by atoms with Crippen LogP contribution in [0.3, 0.4) is 0 Å². The van der Waals surface area contributed by atoms with Crippen LogP contribution < -0.4 is 5.32 Å². The van der Waals surface area contributed by atoms with E-state index in [4.69, 9.17) is 0 Å². The zero-order valence-corrected chi connectivity index (χ0v) is 10.5. The van der Waals surface area contributed by atoms with Crippen molar-refractivity contribution in [2.45, 2.75) is 51.2 Å². The summed E-state index contributed by atoms with van der Waals surface area (Å²) in [7, 11) is 0. The minimum Gasteiger partial charge on any atom is -0.480 e. The Labute approximate surface area is 105 Å². The zero-order valence-electron chi connectivity index (χ0n) is 10.5. The number of carbonyl (C=O) groups excluding carboxylic acids is 2. The topological polar surface area (TPSA) is 86.7 Å². The highest BCUT2D eigenvalue weighted by Crippen LogP contribution is 2.28. The summed E-state index contributed by atoms with van der Waals surface area (Å²) in [4.78, 5) is 36.8. The number of aliphatic carboxylic acids is 1. The molecular formula is C12H18N2O4. The Morgan fingerprint density at radius 3 is 2.61 bits per heavy atom. The molecule has 0 aromatic rings. The molecule has 6 nitrogen and oxygen atoms in total. The van der Waals surface area contributed by atoms with Gasteiger partial charge in [0, 0.05) is 0 Å². The van der Waals surface area contributed by atoms with Crippen LogP contribution in [0.4, 0.5) is 0 Å². The second-order valence-electron chi connectivity index (χ2n) is 5.28. The third-order valence-electron chi connectivity index (χ3n) is 3.70. The average Bonchev–Trinajstić information content (AvgIpc) is 2.32. The predicted molar refractivity (Wildman–Crippen MR) is 62.7 cm³/mol. The first-order valence-corrected chi connectivity index (χ1v) is 6.29. The number of carbonyl (C=O) groups is 3. The van der Waals surface area contributed by atoms with Gasteiger partial charge in [0.25, 0.3) is 0 Å². The van der Waals surface area contributed by atoms with E-state index in [9.17, 15) is 19.5 Å². The molecule has 0 aromatic heterocycles. The van der Waals surface area contributed by atoms with Crippen LogP contribution in [0, 0.1) is 5.92 Å². The third-order valence-corrected chi connectivity index (χ3v) is 3.70. The monoisotopic (exact) mass is 254 g/mol. The van der Waals surface area contributed by atoms with Gasteiger partial charge in [-0.1, -0.05) is 13.8 Å². The number of hydrogen-bond acceptors (Lipinski definition) is 3. The Morgan fingerprint density at radius 2 is 2.06 bits per heavy atom. The van der Waals surface area contributed by atoms with Crippen molar-refractivity contribution in [2.75, 3.05) is 0 Å². The molecule has 2 aliphatic rings. The molecule has 2 rings (SSSR count). The summed E-state index contributed by atoms with van der Waals surface area (Å²) in [6, 6.07) is -2.07. The van der Waals surface area contributed by atoms with Gasteiger partial charge in [-0.2, -0.15) is 0 Å². The van der Waals surface area contributed by atoms with Crippen LogP contribution in [0.1, 0.15) is 33.1 Å². The number of piperazine rings is 1. The Morgan fingerprint density at radius 1 is 1.39 bits per heavy atom. The fourth-order valence-electron chi connectivity index (χ4n) is 2.73. The SMILES string of the molecule is CC(C)[C@H]1NC(=O)[C@H]2CCC[C@@H](C(=O)O)N2C1=O. The number of carboxylic acid groups (broad SMARTS) is 1. The van der Waals surface area contributed by atoms with Crippen LogP contribution in [-0.2, 0) is 14.4 Å². The number of piperidine rings is 1. The number of rotatable bonds is 2. The van der Waals surface area contributed by atoms with Crippen LogP contribution in [0.5, 0.6) is 0 Å². The van der Waals surface area contributed by atoms with Crippen molar-refractivity contribution in [2.24, 2.45) is 5.92 Å². The van der Waals surface area contributed by atoms with Gasteiger partial charge in [0.15, 0.2) is 0 Å². The van der Waals surface area contributed by atoms with Gasteiger partial charge in [-0.3, -0.25) is 9.59 Å². The number of amides is 2. The molecule has 0 unspecified atom stereocenters. The second kappa shape index (κ2) is 4.59. The molecule has 100 valence electrons. The molecule has 0 spiro atoms. The van der Waals surface area contributed by atoms with Crippen LogP contribution in [0.15, 0.2) is 0 Å². The van der Waals surface area contributed by atoms with Crippen molar-refractivity contribution in [1.82, 2.24) is 10.2 Å². The highest BCUT2D eigenvalue weighted by Gasteiger charge is 2.48. The van der Waals surface area contributed by atoms with Gasteiger partial charge in [0.2, 0.25) is 11.8 Å². The van der Waals surface area contributed by atoms with Crippen molar-refractivity contribution in [3.05, 3.63) is 0 Å². The van der Waals surface area contributed by atoms with Gasteiger partial charge < -0.3 is 15.3 Å². The summed E-state index contributed by atoms with van der Waals surface area (Å²) in [5, 5.41) is 11.9. The first-order chi connectivity index (χ1) is 8.43. The normalized spacial score (nSPS) is 32.2. The molecule has 0 aliphatic carbocycles. The highest BCUT2D eigenvalue weighted by atomic mass is 16.4. The van der Waals surface area contributed by atoms with E-state index in [2.05, 4.69) is 5.32 Å². The van der Waals surface area contributed by atoms with E-state index in [1.165, 1.54) is 4.90 Å². The maximum absolute atomic E-state index is 12.3. The molecule has 2 saturated heterocycles. The molecule has 2 aliphatic heterocycles. The summed E-state index contributed by atoms with van der Waals surface area (Å²) >= 11 is 0. The summed E-state index contributed by atoms with van der Waals surface area (Å²) in [5.41, 5.74) is 0.